The maximum absolute atomic E-state index is 15.5. The number of carbonyl (C=O) groups excluding carboxylic acids is 2. The van der Waals surface area contributed by atoms with Gasteiger partial charge in [-0.1, -0.05) is 35.9 Å². The molecule has 2 saturated heterocycles. The van der Waals surface area contributed by atoms with Gasteiger partial charge in [0.2, 0.25) is 5.67 Å². The van der Waals surface area contributed by atoms with E-state index in [9.17, 15) is 13.8 Å². The van der Waals surface area contributed by atoms with Gasteiger partial charge in [0.1, 0.15) is 18.0 Å². The van der Waals surface area contributed by atoms with E-state index in [2.05, 4.69) is 11.3 Å². The Bertz CT molecular complexity index is 1140. The van der Waals surface area contributed by atoms with E-state index in [4.69, 9.17) is 32.7 Å². The third-order valence-electron chi connectivity index (χ3n) is 6.75. The molecule has 1 N–H and O–H groups in total. The summed E-state index contributed by atoms with van der Waals surface area (Å²) in [6.07, 6.45) is 2.03. The van der Waals surface area contributed by atoms with Gasteiger partial charge in [0.15, 0.2) is 0 Å². The van der Waals surface area contributed by atoms with Gasteiger partial charge in [0.25, 0.3) is 5.91 Å². The number of nitrogens with one attached hydrogen (secondary N) is 1. The van der Waals surface area contributed by atoms with Gasteiger partial charge in [-0.25, -0.2) is 18.1 Å². The van der Waals surface area contributed by atoms with E-state index in [1.165, 1.54) is 9.80 Å². The molecule has 0 radical (unpaired) electrons. The highest BCUT2D eigenvalue weighted by Crippen LogP contribution is 2.41. The van der Waals surface area contributed by atoms with E-state index in [0.717, 1.165) is 0 Å². The lowest BCUT2D eigenvalue weighted by Gasteiger charge is -2.46. The lowest BCUT2D eigenvalue weighted by atomic mass is 9.84. The summed E-state index contributed by atoms with van der Waals surface area (Å²) in [6.45, 7) is 14.7. The molecule has 0 bridgehead atoms. The molecule has 0 saturated carbocycles. The summed E-state index contributed by atoms with van der Waals surface area (Å²) in [5, 5.41) is 0.664. The lowest BCUT2D eigenvalue weighted by molar-refractivity contribution is -0.156. The Morgan fingerprint density at radius 3 is 2.25 bits per heavy atom. The van der Waals surface area contributed by atoms with Crippen LogP contribution in [-0.4, -0.2) is 74.8 Å². The average molecular weight is 621 g/mol. The summed E-state index contributed by atoms with van der Waals surface area (Å²) in [7, 11) is -1.43. The first kappa shape index (κ1) is 32.6. The van der Waals surface area contributed by atoms with Crippen LogP contribution in [0.4, 0.5) is 9.18 Å². The highest BCUT2D eigenvalue weighted by Gasteiger charge is 2.55. The zero-order chi connectivity index (χ0) is 30.0. The van der Waals surface area contributed by atoms with Crippen molar-refractivity contribution in [1.29, 1.82) is 0 Å². The fraction of sp³-hybridized carbons (Fsp3) is 0.643. The molecule has 3 rings (SSSR count). The van der Waals surface area contributed by atoms with Crippen molar-refractivity contribution in [2.24, 2.45) is 5.92 Å². The number of hydrogen-bond donors (Lipinski definition) is 1. The minimum Gasteiger partial charge on any atom is -0.489 e. The summed E-state index contributed by atoms with van der Waals surface area (Å²) in [4.78, 5) is 28.0. The van der Waals surface area contributed by atoms with Crippen LogP contribution in [0.25, 0.3) is 0 Å². The number of amides is 2. The Morgan fingerprint density at radius 1 is 1.15 bits per heavy atom. The Balaban J connectivity index is 1.75. The van der Waals surface area contributed by atoms with Gasteiger partial charge in [-0.3, -0.25) is 4.79 Å². The van der Waals surface area contributed by atoms with Gasteiger partial charge in [0, 0.05) is 24.7 Å². The number of ether oxygens (including phenoxy) is 2. The van der Waals surface area contributed by atoms with Crippen LogP contribution in [0.15, 0.2) is 24.8 Å². The third kappa shape index (κ3) is 7.89. The van der Waals surface area contributed by atoms with Gasteiger partial charge >= 0.3 is 6.09 Å². The minimum atomic E-state index is -2.13. The maximum atomic E-state index is 15.5. The zero-order valence-corrected chi connectivity index (χ0v) is 26.3. The van der Waals surface area contributed by atoms with Crippen LogP contribution in [0.5, 0.6) is 5.75 Å². The van der Waals surface area contributed by atoms with Crippen LogP contribution in [0.1, 0.15) is 66.0 Å². The molecule has 2 amide bonds. The van der Waals surface area contributed by atoms with Gasteiger partial charge in [-0.05, 0) is 66.4 Å². The number of nitrogens with zero attached hydrogens (tertiary/aromatic N) is 2. The fourth-order valence-corrected chi connectivity index (χ4v) is 5.86. The second-order valence-corrected chi connectivity index (χ2v) is 15.1. The summed E-state index contributed by atoms with van der Waals surface area (Å²) in [6, 6.07) is 2.92. The van der Waals surface area contributed by atoms with E-state index in [0.29, 0.717) is 47.3 Å². The van der Waals surface area contributed by atoms with Gasteiger partial charge in [-0.15, -0.1) is 0 Å². The van der Waals surface area contributed by atoms with Crippen molar-refractivity contribution in [1.82, 2.24) is 14.5 Å². The zero-order valence-electron chi connectivity index (χ0n) is 24.0. The van der Waals surface area contributed by atoms with Crippen LogP contribution >= 0.6 is 23.2 Å². The van der Waals surface area contributed by atoms with Crippen LogP contribution in [0.2, 0.25) is 10.0 Å². The standard InChI is InChI=1S/C28H40Cl2FN3O5S/c1-8-13-38-22-15-21(30)20(29)14-19(22)23(32-40(37)27(5,6)7)18-9-11-33(12-10-18)24(35)28(31)16-34(17-28)25(36)39-26(2,3)4/h8,14-15,18,23,32H,1,9-13,16-17H2,2-7H3/t23-,40+/m1/s1. The maximum Gasteiger partial charge on any atom is 0.410 e. The van der Waals surface area contributed by atoms with Gasteiger partial charge < -0.3 is 19.3 Å². The normalized spacial score (nSPS) is 19.4. The molecule has 0 unspecified atom stereocenters. The summed E-state index contributed by atoms with van der Waals surface area (Å²) < 4.78 is 42.6. The molecule has 0 spiro atoms. The minimum absolute atomic E-state index is 0.0612. The number of piperidine rings is 1. The molecular formula is C28H40Cl2FN3O5S. The SMILES string of the molecule is C=CCOc1cc(Cl)c(Cl)cc1[C@H](N[S@@](=O)C(C)(C)C)C1CCN(C(=O)C2(F)CN(C(=O)OC(C)(C)C)C2)CC1. The number of alkyl halides is 1. The molecule has 2 fully saturated rings. The molecule has 2 aliphatic heterocycles. The summed E-state index contributed by atoms with van der Waals surface area (Å²) in [5.74, 6) is -0.192. The predicted octanol–water partition coefficient (Wildman–Crippen LogP) is 5.85. The molecule has 8 nitrogen and oxygen atoms in total. The van der Waals surface area contributed by atoms with Crippen molar-refractivity contribution in [3.63, 3.8) is 0 Å². The first-order chi connectivity index (χ1) is 18.4. The molecule has 224 valence electrons. The Labute approximate surface area is 249 Å². The molecule has 0 aliphatic carbocycles. The molecule has 1 aromatic carbocycles. The highest BCUT2D eigenvalue weighted by atomic mass is 35.5. The molecule has 0 aromatic heterocycles. The summed E-state index contributed by atoms with van der Waals surface area (Å²) >= 11 is 12.7. The number of hydrogen-bond acceptors (Lipinski definition) is 5. The quantitative estimate of drug-likeness (QED) is 0.369. The monoisotopic (exact) mass is 619 g/mol. The third-order valence-corrected chi connectivity index (χ3v) is 9.05. The number of benzene rings is 1. The molecule has 2 atom stereocenters. The number of halogens is 3. The number of rotatable bonds is 8. The van der Waals surface area contributed by atoms with Crippen molar-refractivity contribution >= 4 is 46.2 Å². The largest absolute Gasteiger partial charge is 0.489 e. The second kappa shape index (κ2) is 12.5. The van der Waals surface area contributed by atoms with E-state index in [-0.39, 0.29) is 25.6 Å². The Hall–Kier alpha value is -1.88. The van der Waals surface area contributed by atoms with E-state index in [1.807, 2.05) is 20.8 Å². The van der Waals surface area contributed by atoms with Crippen molar-refractivity contribution in [2.45, 2.75) is 76.4 Å². The molecule has 2 heterocycles. The topological polar surface area (TPSA) is 88.2 Å². The van der Waals surface area contributed by atoms with Gasteiger partial charge in [-0.2, -0.15) is 0 Å². The lowest BCUT2D eigenvalue weighted by Crippen LogP contribution is -2.68. The van der Waals surface area contributed by atoms with Gasteiger partial charge in [0.05, 0.1) is 44.9 Å². The van der Waals surface area contributed by atoms with E-state index >= 15 is 4.39 Å². The molecule has 40 heavy (non-hydrogen) atoms. The first-order valence-corrected chi connectivity index (χ1v) is 15.2. The Morgan fingerprint density at radius 2 is 1.73 bits per heavy atom. The van der Waals surface area contributed by atoms with Crippen LogP contribution in [0.3, 0.4) is 0 Å². The Kier molecular flexibility index (Phi) is 10.2. The van der Waals surface area contributed by atoms with E-state index < -0.39 is 45.0 Å². The van der Waals surface area contributed by atoms with Crippen LogP contribution in [-0.2, 0) is 20.5 Å². The summed E-state index contributed by atoms with van der Waals surface area (Å²) in [5.41, 5.74) is -2.14. The number of carbonyl (C=O) groups is 2. The number of likely N-dealkylation sites (tertiary alicyclic amines) is 2. The predicted molar refractivity (Wildman–Crippen MR) is 157 cm³/mol. The second-order valence-electron chi connectivity index (χ2n) is 12.3. The van der Waals surface area contributed by atoms with Crippen LogP contribution in [0, 0.1) is 5.92 Å². The van der Waals surface area contributed by atoms with Crippen LogP contribution < -0.4 is 9.46 Å². The van der Waals surface area contributed by atoms with Crippen molar-refractivity contribution in [3.8, 4) is 5.75 Å². The average Bonchev–Trinajstić information content (AvgIpc) is 2.83. The van der Waals surface area contributed by atoms with E-state index in [1.54, 1.807) is 39.0 Å². The first-order valence-electron chi connectivity index (χ1n) is 13.3. The van der Waals surface area contributed by atoms with Crippen molar-refractivity contribution < 1.29 is 27.7 Å². The fourth-order valence-electron chi connectivity index (χ4n) is 4.64. The molecule has 12 heteroatoms. The molecule has 1 aromatic rings. The molecule has 2 aliphatic rings. The van der Waals surface area contributed by atoms with Crippen molar-refractivity contribution in [3.05, 3.63) is 40.4 Å². The molecular weight excluding hydrogens is 580 g/mol. The van der Waals surface area contributed by atoms with Crippen molar-refractivity contribution in [2.75, 3.05) is 32.8 Å². The smallest absolute Gasteiger partial charge is 0.410 e. The highest BCUT2D eigenvalue weighted by molar-refractivity contribution is 7.84.